The van der Waals surface area contributed by atoms with Crippen LogP contribution in [0.5, 0.6) is 5.75 Å². The molecule has 1 amide bonds. The number of carbonyl (C=O) groups excluding carboxylic acids is 1. The molecule has 136 valence electrons. The summed E-state index contributed by atoms with van der Waals surface area (Å²) in [4.78, 5) is 14.5. The van der Waals surface area contributed by atoms with E-state index in [4.69, 9.17) is 4.74 Å². The Labute approximate surface area is 151 Å². The molecule has 1 aliphatic heterocycles. The third-order valence-corrected chi connectivity index (χ3v) is 6.55. The van der Waals surface area contributed by atoms with Crippen molar-refractivity contribution in [3.8, 4) is 5.75 Å². The molecule has 0 N–H and O–H groups in total. The van der Waals surface area contributed by atoms with E-state index in [9.17, 15) is 4.79 Å². The summed E-state index contributed by atoms with van der Waals surface area (Å²) >= 11 is 0. The van der Waals surface area contributed by atoms with E-state index in [2.05, 4.69) is 36.9 Å². The van der Waals surface area contributed by atoms with Gasteiger partial charge in [-0.15, -0.1) is 0 Å². The molecule has 0 aromatic heterocycles. The maximum absolute atomic E-state index is 12.4. The van der Waals surface area contributed by atoms with Gasteiger partial charge in [0.2, 0.25) is 5.91 Å². The average molecular weight is 341 g/mol. The van der Waals surface area contributed by atoms with Gasteiger partial charge in [-0.2, -0.15) is 0 Å². The number of benzene rings is 1. The zero-order valence-corrected chi connectivity index (χ0v) is 15.8. The quantitative estimate of drug-likeness (QED) is 0.774. The highest BCUT2D eigenvalue weighted by atomic mass is 16.5. The molecule has 4 rings (SSSR count). The van der Waals surface area contributed by atoms with Crippen LogP contribution in [-0.4, -0.2) is 18.1 Å². The van der Waals surface area contributed by atoms with E-state index in [0.29, 0.717) is 24.0 Å². The first-order valence-electron chi connectivity index (χ1n) is 10.2. The van der Waals surface area contributed by atoms with Crippen LogP contribution >= 0.6 is 0 Å². The van der Waals surface area contributed by atoms with Crippen molar-refractivity contribution in [3.63, 3.8) is 0 Å². The summed E-state index contributed by atoms with van der Waals surface area (Å²) < 4.78 is 6.29. The van der Waals surface area contributed by atoms with E-state index in [1.807, 2.05) is 0 Å². The van der Waals surface area contributed by atoms with Crippen LogP contribution in [0.25, 0.3) is 0 Å². The minimum absolute atomic E-state index is 0.181. The minimum Gasteiger partial charge on any atom is -0.490 e. The molecule has 2 saturated carbocycles. The van der Waals surface area contributed by atoms with Crippen LogP contribution in [0, 0.1) is 17.8 Å². The summed E-state index contributed by atoms with van der Waals surface area (Å²) in [6, 6.07) is 6.79. The zero-order chi connectivity index (χ0) is 17.6. The van der Waals surface area contributed by atoms with Crippen LogP contribution in [0.15, 0.2) is 18.2 Å². The summed E-state index contributed by atoms with van der Waals surface area (Å²) in [5.41, 5.74) is 2.40. The molecule has 0 saturated heterocycles. The van der Waals surface area contributed by atoms with Gasteiger partial charge >= 0.3 is 0 Å². The summed E-state index contributed by atoms with van der Waals surface area (Å²) in [5, 5.41) is 0. The fraction of sp³-hybridized carbons (Fsp3) is 0.682. The van der Waals surface area contributed by atoms with Gasteiger partial charge in [0.1, 0.15) is 5.75 Å². The Morgan fingerprint density at radius 2 is 2.04 bits per heavy atom. The first-order chi connectivity index (χ1) is 12.1. The third-order valence-electron chi connectivity index (χ3n) is 6.55. The van der Waals surface area contributed by atoms with Crippen molar-refractivity contribution in [2.75, 3.05) is 4.90 Å². The summed E-state index contributed by atoms with van der Waals surface area (Å²) in [6.45, 7) is 6.29. The lowest BCUT2D eigenvalue weighted by atomic mass is 9.84. The van der Waals surface area contributed by atoms with E-state index in [1.165, 1.54) is 44.1 Å². The van der Waals surface area contributed by atoms with Gasteiger partial charge in [-0.25, -0.2) is 0 Å². The van der Waals surface area contributed by atoms with Gasteiger partial charge in [0.05, 0.1) is 6.10 Å². The fourth-order valence-corrected chi connectivity index (χ4v) is 5.11. The number of hydrogen-bond acceptors (Lipinski definition) is 2. The Morgan fingerprint density at radius 1 is 1.24 bits per heavy atom. The Balaban J connectivity index is 1.56. The lowest BCUT2D eigenvalue weighted by Crippen LogP contribution is -2.48. The molecule has 3 nitrogen and oxygen atoms in total. The van der Waals surface area contributed by atoms with Crippen molar-refractivity contribution >= 4 is 11.6 Å². The molecule has 0 spiro atoms. The van der Waals surface area contributed by atoms with Gasteiger partial charge in [-0.3, -0.25) is 4.79 Å². The Kier molecular flexibility index (Phi) is 4.51. The molecule has 3 heteroatoms. The van der Waals surface area contributed by atoms with Gasteiger partial charge in [0, 0.05) is 18.7 Å². The van der Waals surface area contributed by atoms with Gasteiger partial charge in [-0.1, -0.05) is 20.3 Å². The molecule has 0 radical (unpaired) electrons. The number of hydrogen-bond donors (Lipinski definition) is 0. The maximum Gasteiger partial charge on any atom is 0.224 e. The molecular formula is C22H31NO2. The van der Waals surface area contributed by atoms with E-state index in [1.54, 1.807) is 6.92 Å². The van der Waals surface area contributed by atoms with Crippen LogP contribution in [0.1, 0.15) is 64.9 Å². The van der Waals surface area contributed by atoms with Gasteiger partial charge in [0.25, 0.3) is 0 Å². The number of nitrogens with zero attached hydrogens (tertiary/aromatic N) is 1. The molecule has 0 bridgehead atoms. The maximum atomic E-state index is 12.4. The Hall–Kier alpha value is -1.51. The van der Waals surface area contributed by atoms with Crippen molar-refractivity contribution in [1.29, 1.82) is 0 Å². The Bertz CT molecular complexity index is 651. The normalized spacial score (nSPS) is 31.7. The fourth-order valence-electron chi connectivity index (χ4n) is 5.11. The minimum atomic E-state index is 0.181. The molecule has 1 heterocycles. The standard InChI is InChI=1S/C22H31NO2/c1-4-16-5-8-19(12-16)25-20-9-10-21-18(13-20)11-14(2)22(17-6-7-17)23(21)15(3)24/h9-10,13-14,16-17,19,22H,4-8,11-12H2,1-3H3/t14?,16?,19?,22-/m1/s1. The number of carbonyl (C=O) groups is 1. The van der Waals surface area contributed by atoms with Crippen molar-refractivity contribution in [2.45, 2.75) is 77.9 Å². The topological polar surface area (TPSA) is 29.5 Å². The predicted octanol–water partition coefficient (Wildman–Crippen LogP) is 4.97. The second-order valence-corrected chi connectivity index (χ2v) is 8.52. The zero-order valence-electron chi connectivity index (χ0n) is 15.8. The largest absolute Gasteiger partial charge is 0.490 e. The van der Waals surface area contributed by atoms with Crippen LogP contribution in [0.3, 0.4) is 0 Å². The number of amides is 1. The highest BCUT2D eigenvalue weighted by molar-refractivity contribution is 5.94. The van der Waals surface area contributed by atoms with E-state index in [-0.39, 0.29) is 5.91 Å². The molecular weight excluding hydrogens is 310 g/mol. The number of ether oxygens (including phenoxy) is 1. The monoisotopic (exact) mass is 341 g/mol. The smallest absolute Gasteiger partial charge is 0.224 e. The van der Waals surface area contributed by atoms with E-state index >= 15 is 0 Å². The Morgan fingerprint density at radius 3 is 2.68 bits per heavy atom. The van der Waals surface area contributed by atoms with Gasteiger partial charge in [0.15, 0.2) is 0 Å². The highest BCUT2D eigenvalue weighted by Crippen LogP contribution is 2.46. The predicted molar refractivity (Wildman–Crippen MR) is 101 cm³/mol. The molecule has 2 fully saturated rings. The summed E-state index contributed by atoms with van der Waals surface area (Å²) in [6.07, 6.45) is 8.89. The van der Waals surface area contributed by atoms with Crippen LogP contribution in [-0.2, 0) is 11.2 Å². The molecule has 2 aliphatic carbocycles. The van der Waals surface area contributed by atoms with Crippen LogP contribution in [0.2, 0.25) is 0 Å². The molecule has 1 aromatic carbocycles. The average Bonchev–Trinajstić information content (AvgIpc) is 3.32. The second kappa shape index (κ2) is 6.66. The van der Waals surface area contributed by atoms with E-state index < -0.39 is 0 Å². The van der Waals surface area contributed by atoms with Gasteiger partial charge in [-0.05, 0) is 80.0 Å². The highest BCUT2D eigenvalue weighted by Gasteiger charge is 2.43. The second-order valence-electron chi connectivity index (χ2n) is 8.52. The van der Waals surface area contributed by atoms with Crippen molar-refractivity contribution in [3.05, 3.63) is 23.8 Å². The number of anilines is 1. The molecule has 4 atom stereocenters. The van der Waals surface area contributed by atoms with E-state index in [0.717, 1.165) is 23.8 Å². The molecule has 25 heavy (non-hydrogen) atoms. The van der Waals surface area contributed by atoms with Crippen LogP contribution < -0.4 is 9.64 Å². The van der Waals surface area contributed by atoms with Gasteiger partial charge < -0.3 is 9.64 Å². The lowest BCUT2D eigenvalue weighted by molar-refractivity contribution is -0.117. The van der Waals surface area contributed by atoms with Crippen molar-refractivity contribution in [1.82, 2.24) is 0 Å². The first kappa shape index (κ1) is 16.9. The third kappa shape index (κ3) is 3.30. The molecule has 1 aromatic rings. The number of fused-ring (bicyclic) bond motifs is 1. The summed E-state index contributed by atoms with van der Waals surface area (Å²) in [7, 11) is 0. The molecule has 3 unspecified atom stereocenters. The SMILES string of the molecule is CCC1CCC(Oc2ccc3c(c2)CC(C)[C@H](C2CC2)N3C(C)=O)C1. The summed E-state index contributed by atoms with van der Waals surface area (Å²) in [5.74, 6) is 3.22. The number of rotatable bonds is 4. The van der Waals surface area contributed by atoms with Crippen molar-refractivity contribution in [2.24, 2.45) is 17.8 Å². The lowest BCUT2D eigenvalue weighted by Gasteiger charge is -2.41. The van der Waals surface area contributed by atoms with Crippen molar-refractivity contribution < 1.29 is 9.53 Å². The van der Waals surface area contributed by atoms with Crippen LogP contribution in [0.4, 0.5) is 5.69 Å². The molecule has 3 aliphatic rings. The first-order valence-corrected chi connectivity index (χ1v) is 10.2.